The van der Waals surface area contributed by atoms with Crippen LogP contribution in [0.4, 0.5) is 5.69 Å². The van der Waals surface area contributed by atoms with E-state index in [1.165, 1.54) is 5.56 Å². The van der Waals surface area contributed by atoms with E-state index in [0.29, 0.717) is 0 Å². The summed E-state index contributed by atoms with van der Waals surface area (Å²) < 4.78 is 0. The van der Waals surface area contributed by atoms with Gasteiger partial charge in [-0.25, -0.2) is 0 Å². The van der Waals surface area contributed by atoms with E-state index >= 15 is 0 Å². The normalized spacial score (nSPS) is 15.7. The van der Waals surface area contributed by atoms with Crippen LogP contribution in [0.25, 0.3) is 0 Å². The number of anilines is 1. The quantitative estimate of drug-likeness (QED) is 0.859. The van der Waals surface area contributed by atoms with Gasteiger partial charge in [-0.1, -0.05) is 0 Å². The van der Waals surface area contributed by atoms with Crippen LogP contribution in [0.1, 0.15) is 22.3 Å². The van der Waals surface area contributed by atoms with Crippen LogP contribution in [0.15, 0.2) is 48.8 Å². The minimum Gasteiger partial charge on any atom is -0.378 e. The number of benzene rings is 1. The van der Waals surface area contributed by atoms with E-state index in [2.05, 4.69) is 22.0 Å². The molecule has 0 bridgehead atoms. The maximum absolute atomic E-state index is 12.8. The first kappa shape index (κ1) is 17.4. The molecule has 1 fully saturated rings. The van der Waals surface area contributed by atoms with Crippen molar-refractivity contribution in [3.63, 3.8) is 0 Å². The van der Waals surface area contributed by atoms with Gasteiger partial charge in [-0.2, -0.15) is 0 Å². The second kappa shape index (κ2) is 8.12. The van der Waals surface area contributed by atoms with Crippen LogP contribution in [0, 0.1) is 0 Å². The molecule has 1 aliphatic rings. The molecule has 25 heavy (non-hydrogen) atoms. The Hall–Kier alpha value is -2.40. The lowest BCUT2D eigenvalue weighted by Crippen LogP contribution is -2.35. The van der Waals surface area contributed by atoms with Crippen LogP contribution in [0.5, 0.6) is 0 Å². The second-order valence-electron chi connectivity index (χ2n) is 6.72. The highest BCUT2D eigenvalue weighted by molar-refractivity contribution is 5.94. The fourth-order valence-corrected chi connectivity index (χ4v) is 3.16. The number of rotatable bonds is 4. The zero-order valence-electron chi connectivity index (χ0n) is 15.1. The first-order valence-corrected chi connectivity index (χ1v) is 8.81. The molecule has 0 spiro atoms. The van der Waals surface area contributed by atoms with Crippen molar-refractivity contribution in [2.75, 3.05) is 45.2 Å². The van der Waals surface area contributed by atoms with Gasteiger partial charge in [-0.15, -0.1) is 0 Å². The summed E-state index contributed by atoms with van der Waals surface area (Å²) >= 11 is 0. The Morgan fingerprint density at radius 1 is 1.00 bits per heavy atom. The van der Waals surface area contributed by atoms with Gasteiger partial charge in [0.1, 0.15) is 0 Å². The largest absolute Gasteiger partial charge is 0.378 e. The highest BCUT2D eigenvalue weighted by Gasteiger charge is 2.20. The molecule has 1 aromatic carbocycles. The first-order chi connectivity index (χ1) is 12.1. The minimum absolute atomic E-state index is 0.135. The lowest BCUT2D eigenvalue weighted by molar-refractivity contribution is 0.0761. The molecule has 0 atom stereocenters. The Kier molecular flexibility index (Phi) is 5.66. The van der Waals surface area contributed by atoms with Crippen molar-refractivity contribution in [2.24, 2.45) is 0 Å². The van der Waals surface area contributed by atoms with E-state index in [0.717, 1.165) is 50.4 Å². The minimum atomic E-state index is 0.135. The van der Waals surface area contributed by atoms with Gasteiger partial charge in [-0.05, 0) is 48.4 Å². The molecule has 5 nitrogen and oxygen atoms in total. The molecule has 2 heterocycles. The average molecular weight is 338 g/mol. The molecule has 1 amide bonds. The highest BCUT2D eigenvalue weighted by atomic mass is 16.2. The Labute approximate surface area is 149 Å². The maximum Gasteiger partial charge on any atom is 0.253 e. The van der Waals surface area contributed by atoms with Gasteiger partial charge in [0, 0.05) is 70.5 Å². The molecule has 0 radical (unpaired) electrons. The number of carbonyl (C=O) groups is 1. The molecular weight excluding hydrogens is 312 g/mol. The summed E-state index contributed by atoms with van der Waals surface area (Å²) in [6.07, 6.45) is 4.67. The molecule has 0 saturated carbocycles. The Morgan fingerprint density at radius 3 is 2.40 bits per heavy atom. The van der Waals surface area contributed by atoms with Crippen molar-refractivity contribution in [1.82, 2.24) is 14.8 Å². The molecule has 2 aromatic rings. The molecule has 1 aromatic heterocycles. The van der Waals surface area contributed by atoms with Crippen LogP contribution >= 0.6 is 0 Å². The Balaban J connectivity index is 1.59. The van der Waals surface area contributed by atoms with Gasteiger partial charge in [0.05, 0.1) is 0 Å². The highest BCUT2D eigenvalue weighted by Crippen LogP contribution is 2.15. The number of carbonyl (C=O) groups excluding carboxylic acids is 1. The van der Waals surface area contributed by atoms with Gasteiger partial charge < -0.3 is 9.80 Å². The van der Waals surface area contributed by atoms with Crippen LogP contribution in [-0.2, 0) is 6.54 Å². The number of aromatic nitrogens is 1. The predicted molar refractivity (Wildman–Crippen MR) is 101 cm³/mol. The van der Waals surface area contributed by atoms with Gasteiger partial charge >= 0.3 is 0 Å². The summed E-state index contributed by atoms with van der Waals surface area (Å²) in [6, 6.07) is 12.0. The fourth-order valence-electron chi connectivity index (χ4n) is 3.16. The summed E-state index contributed by atoms with van der Waals surface area (Å²) in [5.41, 5.74) is 3.15. The van der Waals surface area contributed by atoms with Crippen molar-refractivity contribution >= 4 is 11.6 Å². The predicted octanol–water partition coefficient (Wildman–Crippen LogP) is 2.50. The lowest BCUT2D eigenvalue weighted by atomic mass is 10.1. The Morgan fingerprint density at radius 2 is 1.72 bits per heavy atom. The molecule has 0 N–H and O–H groups in total. The monoisotopic (exact) mass is 338 g/mol. The molecule has 0 unspecified atom stereocenters. The van der Waals surface area contributed by atoms with Crippen LogP contribution < -0.4 is 4.90 Å². The van der Waals surface area contributed by atoms with Gasteiger partial charge in [-0.3, -0.25) is 14.7 Å². The van der Waals surface area contributed by atoms with E-state index in [1.54, 1.807) is 0 Å². The lowest BCUT2D eigenvalue weighted by Gasteiger charge is -2.22. The zero-order chi connectivity index (χ0) is 17.6. The van der Waals surface area contributed by atoms with E-state index in [9.17, 15) is 4.79 Å². The number of hydrogen-bond donors (Lipinski definition) is 0. The van der Waals surface area contributed by atoms with E-state index in [1.807, 2.05) is 60.6 Å². The second-order valence-corrected chi connectivity index (χ2v) is 6.72. The summed E-state index contributed by atoms with van der Waals surface area (Å²) in [6.45, 7) is 4.44. The molecule has 0 aliphatic carbocycles. The van der Waals surface area contributed by atoms with Crippen LogP contribution in [-0.4, -0.2) is 61.0 Å². The molecular formula is C20H26N4O. The molecule has 1 aliphatic heterocycles. The van der Waals surface area contributed by atoms with Crippen molar-refractivity contribution in [2.45, 2.75) is 13.0 Å². The third kappa shape index (κ3) is 4.57. The molecule has 3 rings (SSSR count). The average Bonchev–Trinajstić information content (AvgIpc) is 2.88. The van der Waals surface area contributed by atoms with Crippen molar-refractivity contribution in [3.8, 4) is 0 Å². The third-order valence-electron chi connectivity index (χ3n) is 4.66. The summed E-state index contributed by atoms with van der Waals surface area (Å²) in [5, 5.41) is 0. The fraction of sp³-hybridized carbons (Fsp3) is 0.400. The van der Waals surface area contributed by atoms with Gasteiger partial charge in [0.25, 0.3) is 5.91 Å². The van der Waals surface area contributed by atoms with Crippen molar-refractivity contribution in [3.05, 3.63) is 59.9 Å². The number of hydrogen-bond acceptors (Lipinski definition) is 4. The Bertz CT molecular complexity index is 685. The molecule has 132 valence electrons. The molecule has 5 heteroatoms. The van der Waals surface area contributed by atoms with E-state index < -0.39 is 0 Å². The van der Waals surface area contributed by atoms with Crippen molar-refractivity contribution < 1.29 is 4.79 Å². The van der Waals surface area contributed by atoms with E-state index in [-0.39, 0.29) is 5.91 Å². The summed E-state index contributed by atoms with van der Waals surface area (Å²) in [4.78, 5) is 23.3. The number of amides is 1. The van der Waals surface area contributed by atoms with E-state index in [4.69, 9.17) is 0 Å². The zero-order valence-corrected chi connectivity index (χ0v) is 15.1. The molecule has 1 saturated heterocycles. The number of nitrogens with zero attached hydrogens (tertiary/aromatic N) is 4. The SMILES string of the molecule is CN(C)c1ccc(C(=O)N2CCCN(Cc3ccncc3)CC2)cc1. The van der Waals surface area contributed by atoms with Crippen LogP contribution in [0.3, 0.4) is 0 Å². The first-order valence-electron chi connectivity index (χ1n) is 8.81. The third-order valence-corrected chi connectivity index (χ3v) is 4.66. The van der Waals surface area contributed by atoms with Crippen molar-refractivity contribution in [1.29, 1.82) is 0 Å². The smallest absolute Gasteiger partial charge is 0.253 e. The van der Waals surface area contributed by atoms with Gasteiger partial charge in [0.15, 0.2) is 0 Å². The van der Waals surface area contributed by atoms with Gasteiger partial charge in [0.2, 0.25) is 0 Å². The summed E-state index contributed by atoms with van der Waals surface area (Å²) in [7, 11) is 4.01. The topological polar surface area (TPSA) is 39.7 Å². The number of pyridine rings is 1. The standard InChI is InChI=1S/C20H26N4O/c1-22(2)19-6-4-18(5-7-19)20(25)24-13-3-12-23(14-15-24)16-17-8-10-21-11-9-17/h4-11H,3,12-16H2,1-2H3. The van der Waals surface area contributed by atoms with Crippen LogP contribution in [0.2, 0.25) is 0 Å². The maximum atomic E-state index is 12.8. The summed E-state index contributed by atoms with van der Waals surface area (Å²) in [5.74, 6) is 0.135.